The Morgan fingerprint density at radius 2 is 1.50 bits per heavy atom. The molecule has 0 saturated carbocycles. The molecule has 36 heavy (non-hydrogen) atoms. The van der Waals surface area contributed by atoms with E-state index in [2.05, 4.69) is 57.8 Å². The van der Waals surface area contributed by atoms with E-state index in [1.165, 1.54) is 0 Å². The summed E-state index contributed by atoms with van der Waals surface area (Å²) >= 11 is 0. The minimum absolute atomic E-state index is 0. The van der Waals surface area contributed by atoms with E-state index in [-0.39, 0.29) is 30.3 Å². The highest BCUT2D eigenvalue weighted by Crippen LogP contribution is 2.44. The van der Waals surface area contributed by atoms with Crippen LogP contribution in [-0.4, -0.2) is 59.7 Å². The molecule has 4 aromatic rings. The number of benzene rings is 2. The average molecular weight is 507 g/mol. The average Bonchev–Trinajstić information content (AvgIpc) is 3.48. The van der Waals surface area contributed by atoms with Gasteiger partial charge in [0.1, 0.15) is 0 Å². The summed E-state index contributed by atoms with van der Waals surface area (Å²) in [5.41, 5.74) is 3.94. The number of aromatic nitrogens is 2. The van der Waals surface area contributed by atoms with Gasteiger partial charge in [-0.15, -0.1) is 12.4 Å². The summed E-state index contributed by atoms with van der Waals surface area (Å²) in [6.07, 6.45) is 5.01. The van der Waals surface area contributed by atoms with Crippen LogP contribution in [0.2, 0.25) is 0 Å². The third-order valence-electron chi connectivity index (χ3n) is 7.45. The zero-order valence-corrected chi connectivity index (χ0v) is 21.3. The van der Waals surface area contributed by atoms with Crippen LogP contribution >= 0.6 is 12.4 Å². The van der Waals surface area contributed by atoms with Gasteiger partial charge in [-0.1, -0.05) is 36.4 Å². The standard InChI is InChI=1S/C28H30N4O3.ClH/c1-30(2)15-18-11-13-35-14-12-31-16-21(19-7-3-5-9-23(19)31)25-26(28(34)29-27(25)33)22-17-32(18)24-10-6-4-8-20(22)24;/h3-10,16-18,25-26H,11-15H2,1-2H3,(H,29,33,34);1H. The second kappa shape index (κ2) is 9.73. The summed E-state index contributed by atoms with van der Waals surface area (Å²) < 4.78 is 10.5. The molecule has 1 fully saturated rings. The summed E-state index contributed by atoms with van der Waals surface area (Å²) in [7, 11) is 4.15. The number of rotatable bonds is 2. The van der Waals surface area contributed by atoms with Crippen LogP contribution in [0.3, 0.4) is 0 Å². The molecule has 7 nitrogen and oxygen atoms in total. The number of hydrogen-bond acceptors (Lipinski definition) is 4. The van der Waals surface area contributed by atoms with Crippen molar-refractivity contribution in [1.82, 2.24) is 19.4 Å². The first-order chi connectivity index (χ1) is 17.0. The van der Waals surface area contributed by atoms with Crippen LogP contribution in [0.1, 0.15) is 35.4 Å². The second-order valence-electron chi connectivity index (χ2n) is 9.93. The summed E-state index contributed by atoms with van der Waals surface area (Å²) in [4.78, 5) is 28.8. The number of carbonyl (C=O) groups is 2. The van der Waals surface area contributed by atoms with E-state index in [4.69, 9.17) is 4.74 Å². The number of ether oxygens (including phenoxy) is 1. The summed E-state index contributed by atoms with van der Waals surface area (Å²) in [5, 5.41) is 4.69. The van der Waals surface area contributed by atoms with E-state index < -0.39 is 11.8 Å². The van der Waals surface area contributed by atoms with Gasteiger partial charge in [-0.2, -0.15) is 0 Å². The fourth-order valence-electron chi connectivity index (χ4n) is 5.94. The van der Waals surface area contributed by atoms with Crippen molar-refractivity contribution in [2.24, 2.45) is 0 Å². The van der Waals surface area contributed by atoms with Crippen molar-refractivity contribution in [2.45, 2.75) is 30.8 Å². The lowest BCUT2D eigenvalue weighted by atomic mass is 9.83. The molecule has 0 aliphatic carbocycles. The number of nitrogens with one attached hydrogen (secondary N) is 1. The molecule has 4 heterocycles. The number of halogens is 1. The highest BCUT2D eigenvalue weighted by atomic mass is 35.5. The van der Waals surface area contributed by atoms with Gasteiger partial charge in [-0.3, -0.25) is 14.9 Å². The largest absolute Gasteiger partial charge is 0.380 e. The van der Waals surface area contributed by atoms with E-state index in [0.29, 0.717) is 19.8 Å². The molecule has 2 aliphatic rings. The zero-order valence-electron chi connectivity index (χ0n) is 20.5. The molecule has 0 radical (unpaired) electrons. The Morgan fingerprint density at radius 1 is 0.889 bits per heavy atom. The highest BCUT2D eigenvalue weighted by molar-refractivity contribution is 6.13. The third-order valence-corrected chi connectivity index (χ3v) is 7.45. The normalized spacial score (nSPS) is 22.4. The summed E-state index contributed by atoms with van der Waals surface area (Å²) in [6.45, 7) is 2.78. The van der Waals surface area contributed by atoms with E-state index in [1.54, 1.807) is 0 Å². The first-order valence-electron chi connectivity index (χ1n) is 12.3. The number of amides is 2. The molecule has 188 valence electrons. The molecule has 2 aromatic heterocycles. The third kappa shape index (κ3) is 4.01. The van der Waals surface area contributed by atoms with Crippen molar-refractivity contribution in [3.63, 3.8) is 0 Å². The molecule has 2 aromatic carbocycles. The number of likely N-dealkylation sites (N-methyl/N-ethyl adjacent to an activating group) is 1. The smallest absolute Gasteiger partial charge is 0.235 e. The number of imide groups is 1. The van der Waals surface area contributed by atoms with Gasteiger partial charge >= 0.3 is 0 Å². The minimum atomic E-state index is -0.580. The van der Waals surface area contributed by atoms with Crippen LogP contribution in [0.5, 0.6) is 0 Å². The molecule has 1 N–H and O–H groups in total. The second-order valence-corrected chi connectivity index (χ2v) is 9.93. The molecule has 6 rings (SSSR count). The lowest BCUT2D eigenvalue weighted by molar-refractivity contribution is -0.125. The van der Waals surface area contributed by atoms with Crippen LogP contribution < -0.4 is 5.32 Å². The molecule has 0 spiro atoms. The number of carbonyl (C=O) groups excluding carboxylic acids is 2. The fraction of sp³-hybridized carbons (Fsp3) is 0.357. The molecule has 4 bridgehead atoms. The Hall–Kier alpha value is -3.13. The molecular formula is C28H31ClN4O3. The van der Waals surface area contributed by atoms with E-state index in [9.17, 15) is 9.59 Å². The van der Waals surface area contributed by atoms with Gasteiger partial charge in [0.25, 0.3) is 0 Å². The van der Waals surface area contributed by atoms with Gasteiger partial charge in [0.05, 0.1) is 18.4 Å². The van der Waals surface area contributed by atoms with Gasteiger partial charge in [0.2, 0.25) is 11.8 Å². The molecule has 8 heteroatoms. The molecule has 2 aliphatic heterocycles. The molecule has 3 unspecified atom stereocenters. The number of nitrogens with zero attached hydrogens (tertiary/aromatic N) is 3. The Labute approximate surface area is 216 Å². The lowest BCUT2D eigenvalue weighted by Crippen LogP contribution is -2.25. The van der Waals surface area contributed by atoms with Crippen molar-refractivity contribution >= 4 is 46.0 Å². The number of para-hydroxylation sites is 2. The Kier molecular flexibility index (Phi) is 6.64. The van der Waals surface area contributed by atoms with E-state index in [0.717, 1.165) is 45.9 Å². The number of hydrogen-bond donors (Lipinski definition) is 1. The van der Waals surface area contributed by atoms with E-state index in [1.807, 2.05) is 36.5 Å². The number of fused-ring (bicyclic) bond motifs is 13. The van der Waals surface area contributed by atoms with Crippen molar-refractivity contribution in [3.05, 3.63) is 72.1 Å². The van der Waals surface area contributed by atoms with Crippen molar-refractivity contribution < 1.29 is 14.3 Å². The lowest BCUT2D eigenvalue weighted by Gasteiger charge is -2.24. The molecular weight excluding hydrogens is 476 g/mol. The van der Waals surface area contributed by atoms with Crippen LogP contribution in [-0.2, 0) is 20.9 Å². The van der Waals surface area contributed by atoms with Gasteiger partial charge in [0.15, 0.2) is 0 Å². The van der Waals surface area contributed by atoms with Gasteiger partial charge in [0, 0.05) is 59.9 Å². The minimum Gasteiger partial charge on any atom is -0.380 e. The maximum Gasteiger partial charge on any atom is 0.235 e. The quantitative estimate of drug-likeness (QED) is 0.416. The summed E-state index contributed by atoms with van der Waals surface area (Å²) in [6, 6.07) is 16.5. The van der Waals surface area contributed by atoms with Crippen molar-refractivity contribution in [2.75, 3.05) is 33.9 Å². The molecule has 2 amide bonds. The Balaban J connectivity index is 0.00000267. The van der Waals surface area contributed by atoms with Crippen molar-refractivity contribution in [1.29, 1.82) is 0 Å². The summed E-state index contributed by atoms with van der Waals surface area (Å²) in [5.74, 6) is -1.61. The topological polar surface area (TPSA) is 68.5 Å². The Bertz CT molecular complexity index is 1440. The fourth-order valence-corrected chi connectivity index (χ4v) is 5.94. The maximum atomic E-state index is 13.3. The SMILES string of the molecule is CN(C)CC1CCOCCn2cc(c3ccccc32)C2C(=O)NC(=O)C2c2cn1c1ccccc21.Cl. The van der Waals surface area contributed by atoms with Gasteiger partial charge in [-0.25, -0.2) is 0 Å². The van der Waals surface area contributed by atoms with Gasteiger partial charge in [-0.05, 0) is 43.8 Å². The first kappa shape index (κ1) is 24.6. The van der Waals surface area contributed by atoms with E-state index >= 15 is 0 Å². The van der Waals surface area contributed by atoms with Crippen molar-refractivity contribution in [3.8, 4) is 0 Å². The van der Waals surface area contributed by atoms with Crippen LogP contribution in [0.15, 0.2) is 60.9 Å². The Morgan fingerprint density at radius 3 is 2.19 bits per heavy atom. The van der Waals surface area contributed by atoms with Gasteiger partial charge < -0.3 is 18.8 Å². The molecule has 3 atom stereocenters. The zero-order chi connectivity index (χ0) is 24.1. The maximum absolute atomic E-state index is 13.3. The monoisotopic (exact) mass is 506 g/mol. The van der Waals surface area contributed by atoms with Crippen LogP contribution in [0.25, 0.3) is 21.8 Å². The van der Waals surface area contributed by atoms with Crippen LogP contribution in [0, 0.1) is 0 Å². The predicted molar refractivity (Wildman–Crippen MR) is 143 cm³/mol. The predicted octanol–water partition coefficient (Wildman–Crippen LogP) is 4.06. The highest BCUT2D eigenvalue weighted by Gasteiger charge is 2.46. The van der Waals surface area contributed by atoms with Crippen LogP contribution in [0.4, 0.5) is 0 Å². The first-order valence-corrected chi connectivity index (χ1v) is 12.3. The molecule has 1 saturated heterocycles.